The van der Waals surface area contributed by atoms with E-state index in [1.165, 1.54) is 28.7 Å². The van der Waals surface area contributed by atoms with Gasteiger partial charge in [-0.3, -0.25) is 0 Å². The molecule has 2 heteroatoms. The van der Waals surface area contributed by atoms with Crippen LogP contribution in [0.2, 0.25) is 0 Å². The maximum absolute atomic E-state index is 5.87. The standard InChI is InChI=1S/C19H20O.C9H13.C3H6.Ti/c1-3-16(2)14-18(17-10-6-4-7-11-17)15-20-19-12-8-5-9-13-19;1-9(2,3)8-6-4-5-7-8;1-3-2;/h3-14H,15H2,1-2H3;6-7H,4H2,1-3H3;1-2H3;. The van der Waals surface area contributed by atoms with Gasteiger partial charge < -0.3 is 4.74 Å². The molecule has 0 radical (unpaired) electrons. The summed E-state index contributed by atoms with van der Waals surface area (Å²) in [4.78, 5) is 0. The topological polar surface area (TPSA) is 9.23 Å². The first-order valence-corrected chi connectivity index (χ1v) is 13.3. The SMILES string of the molecule is CC=C(C)C=C(COc1ccccc1)c1ccccc1.C[C](C)=[Ti][C]1=CC(C(C)(C)C)=CC1. The number of hydrogen-bond donors (Lipinski definition) is 0. The number of hydrogen-bond acceptors (Lipinski definition) is 1. The number of benzene rings is 2. The van der Waals surface area contributed by atoms with Gasteiger partial charge in [-0.1, -0.05) is 66.3 Å². The number of allylic oxidation sites excluding steroid dienone is 7. The Balaban J connectivity index is 0.000000257. The molecular weight excluding hydrogens is 436 g/mol. The van der Waals surface area contributed by atoms with E-state index in [1.54, 1.807) is 7.69 Å². The van der Waals surface area contributed by atoms with Gasteiger partial charge in [0.05, 0.1) is 0 Å². The van der Waals surface area contributed by atoms with Gasteiger partial charge in [0.15, 0.2) is 0 Å². The molecule has 0 fully saturated rings. The van der Waals surface area contributed by atoms with Crippen LogP contribution in [-0.4, -0.2) is 10.4 Å². The van der Waals surface area contributed by atoms with Crippen LogP contribution >= 0.6 is 0 Å². The number of para-hydroxylation sites is 1. The first-order chi connectivity index (χ1) is 15.7. The molecule has 1 nitrogen and oxygen atoms in total. The molecule has 0 aliphatic heterocycles. The summed E-state index contributed by atoms with van der Waals surface area (Å²) in [5.41, 5.74) is 5.50. The fourth-order valence-electron chi connectivity index (χ4n) is 3.35. The Morgan fingerprint density at radius 1 is 0.939 bits per heavy atom. The van der Waals surface area contributed by atoms with E-state index >= 15 is 0 Å². The summed E-state index contributed by atoms with van der Waals surface area (Å²) in [5.74, 6) is 0.896. The van der Waals surface area contributed by atoms with Gasteiger partial charge in [-0.15, -0.1) is 0 Å². The van der Waals surface area contributed by atoms with E-state index in [4.69, 9.17) is 4.74 Å². The van der Waals surface area contributed by atoms with Crippen LogP contribution < -0.4 is 4.74 Å². The molecule has 33 heavy (non-hydrogen) atoms. The first-order valence-electron chi connectivity index (χ1n) is 11.7. The van der Waals surface area contributed by atoms with Crippen molar-refractivity contribution in [3.05, 3.63) is 106 Å². The molecule has 0 atom stereocenters. The Morgan fingerprint density at radius 2 is 1.55 bits per heavy atom. The summed E-state index contributed by atoms with van der Waals surface area (Å²) in [6.45, 7) is 16.1. The van der Waals surface area contributed by atoms with Crippen molar-refractivity contribution in [2.75, 3.05) is 6.61 Å². The Hall–Kier alpha value is -2.22. The van der Waals surface area contributed by atoms with Crippen molar-refractivity contribution in [3.63, 3.8) is 0 Å². The second-order valence-electron chi connectivity index (χ2n) is 9.58. The zero-order chi connectivity index (χ0) is 24.3. The van der Waals surface area contributed by atoms with E-state index in [2.05, 4.69) is 90.1 Å². The molecule has 0 heterocycles. The molecule has 1 aliphatic carbocycles. The third-order valence-electron chi connectivity index (χ3n) is 5.29. The maximum atomic E-state index is 5.87. The summed E-state index contributed by atoms with van der Waals surface area (Å²) in [6, 6.07) is 20.3. The fourth-order valence-corrected chi connectivity index (χ4v) is 5.03. The van der Waals surface area contributed by atoms with Gasteiger partial charge in [0.1, 0.15) is 12.4 Å². The van der Waals surface area contributed by atoms with Crippen molar-refractivity contribution in [3.8, 4) is 5.75 Å². The molecule has 0 saturated carbocycles. The summed E-state index contributed by atoms with van der Waals surface area (Å²) in [7, 11) is 0. The minimum absolute atomic E-state index is 0.0803. The van der Waals surface area contributed by atoms with Gasteiger partial charge in [-0.05, 0) is 37.1 Å². The van der Waals surface area contributed by atoms with Gasteiger partial charge in [-0.2, -0.15) is 0 Å². The molecule has 3 rings (SSSR count). The Bertz CT molecular complexity index is 1030. The minimum atomic E-state index is 0.0803. The van der Waals surface area contributed by atoms with Crippen molar-refractivity contribution in [2.45, 2.75) is 54.9 Å². The molecule has 0 unspecified atom stereocenters. The van der Waals surface area contributed by atoms with Crippen molar-refractivity contribution in [2.24, 2.45) is 5.41 Å². The second-order valence-corrected chi connectivity index (χ2v) is 12.5. The molecule has 173 valence electrons. The fraction of sp³-hybridized carbons (Fsp3) is 0.323. The summed E-state index contributed by atoms with van der Waals surface area (Å²) >= 11 is 0.0803. The van der Waals surface area contributed by atoms with Crippen molar-refractivity contribution in [1.82, 2.24) is 0 Å². The monoisotopic (exact) mass is 475 g/mol. The normalized spacial score (nSPS) is 13.9. The van der Waals surface area contributed by atoms with Gasteiger partial charge in [-0.25, -0.2) is 0 Å². The van der Waals surface area contributed by atoms with Crippen LogP contribution in [0.5, 0.6) is 5.75 Å². The van der Waals surface area contributed by atoms with Crippen molar-refractivity contribution in [1.29, 1.82) is 0 Å². The van der Waals surface area contributed by atoms with Crippen LogP contribution in [0.3, 0.4) is 0 Å². The zero-order valence-corrected chi connectivity index (χ0v) is 23.0. The van der Waals surface area contributed by atoms with Crippen LogP contribution in [-0.2, 0) is 18.7 Å². The molecule has 0 aromatic heterocycles. The number of rotatable bonds is 6. The summed E-state index contributed by atoms with van der Waals surface area (Å²) < 4.78 is 9.21. The van der Waals surface area contributed by atoms with Gasteiger partial charge >= 0.3 is 90.6 Å². The van der Waals surface area contributed by atoms with E-state index in [0.717, 1.165) is 5.75 Å². The summed E-state index contributed by atoms with van der Waals surface area (Å²) in [6.07, 6.45) is 10.3. The van der Waals surface area contributed by atoms with Crippen molar-refractivity contribution < 1.29 is 23.4 Å². The van der Waals surface area contributed by atoms with Crippen molar-refractivity contribution >= 4 is 9.38 Å². The third-order valence-corrected chi connectivity index (χ3v) is 7.11. The molecule has 1 aliphatic rings. The van der Waals surface area contributed by atoms with E-state index in [0.29, 0.717) is 12.0 Å². The average Bonchev–Trinajstić information content (AvgIpc) is 3.26. The van der Waals surface area contributed by atoms with Crippen LogP contribution in [0.1, 0.15) is 60.5 Å². The van der Waals surface area contributed by atoms with Gasteiger partial charge in [0, 0.05) is 0 Å². The van der Waals surface area contributed by atoms with Crippen LogP contribution in [0, 0.1) is 5.41 Å². The third kappa shape index (κ3) is 10.1. The van der Waals surface area contributed by atoms with Gasteiger partial charge in [0.25, 0.3) is 0 Å². The van der Waals surface area contributed by atoms with Crippen LogP contribution in [0.25, 0.3) is 5.57 Å². The van der Waals surface area contributed by atoms with Crippen LogP contribution in [0.15, 0.2) is 100.0 Å². The Labute approximate surface area is 210 Å². The Morgan fingerprint density at radius 3 is 2.06 bits per heavy atom. The second kappa shape index (κ2) is 13.5. The molecule has 0 saturated heterocycles. The van der Waals surface area contributed by atoms with Crippen LogP contribution in [0.4, 0.5) is 0 Å². The Kier molecular flexibility index (Phi) is 11.0. The predicted molar refractivity (Wildman–Crippen MR) is 142 cm³/mol. The van der Waals surface area contributed by atoms with E-state index < -0.39 is 0 Å². The first kappa shape index (κ1) is 27.0. The molecule has 2 aromatic rings. The predicted octanol–water partition coefficient (Wildman–Crippen LogP) is 8.66. The molecule has 0 spiro atoms. The molecule has 0 amide bonds. The van der Waals surface area contributed by atoms with E-state index in [1.807, 2.05) is 43.3 Å². The van der Waals surface area contributed by atoms with E-state index in [-0.39, 0.29) is 18.7 Å². The van der Waals surface area contributed by atoms with Gasteiger partial charge in [0.2, 0.25) is 0 Å². The quantitative estimate of drug-likeness (QED) is 0.300. The number of ether oxygens (including phenoxy) is 1. The van der Waals surface area contributed by atoms with E-state index in [9.17, 15) is 0 Å². The summed E-state index contributed by atoms with van der Waals surface area (Å²) in [5, 5.41) is 0. The molecule has 2 aromatic carbocycles. The molecule has 0 N–H and O–H groups in total. The average molecular weight is 476 g/mol. The molecular formula is C31H39OTi. The zero-order valence-electron chi connectivity index (χ0n) is 21.4. The molecule has 0 bridgehead atoms.